The molecule has 122 valence electrons. The highest BCUT2D eigenvalue weighted by molar-refractivity contribution is 5.49. The second-order valence-corrected chi connectivity index (χ2v) is 6.16. The number of halogens is 1. The van der Waals surface area contributed by atoms with E-state index in [1.165, 1.54) is 68.2 Å². The molecule has 0 saturated heterocycles. The number of aryl methyl sites for hydroxylation is 1. The van der Waals surface area contributed by atoms with Gasteiger partial charge in [0, 0.05) is 5.56 Å². The maximum absolute atomic E-state index is 2.36. The van der Waals surface area contributed by atoms with Crippen LogP contribution in [0.4, 0.5) is 5.69 Å². The minimum atomic E-state index is 0. The van der Waals surface area contributed by atoms with E-state index in [0.29, 0.717) is 0 Å². The Kier molecular flexibility index (Phi) is 10.8. The summed E-state index contributed by atoms with van der Waals surface area (Å²) >= 11 is 0. The van der Waals surface area contributed by atoms with E-state index in [4.69, 9.17) is 0 Å². The molecule has 0 aliphatic rings. The number of rotatable bonds is 10. The summed E-state index contributed by atoms with van der Waals surface area (Å²) in [6, 6.07) is 9.02. The highest BCUT2D eigenvalue weighted by Crippen LogP contribution is 2.29. The third-order valence-electron chi connectivity index (χ3n) is 4.37. The summed E-state index contributed by atoms with van der Waals surface area (Å²) in [7, 11) is 0. The number of nitrogens with zero attached hydrogens (tertiary/aromatic N) is 1. The SMILES string of the molecule is CCCCCC[N+](CCC)(CCC)c1ccccc1C.[Cl-]. The molecule has 0 spiro atoms. The number of hydrogen-bond acceptors (Lipinski definition) is 0. The van der Waals surface area contributed by atoms with Crippen molar-refractivity contribution in [1.29, 1.82) is 0 Å². The van der Waals surface area contributed by atoms with E-state index in [1.54, 1.807) is 5.69 Å². The molecular weight excluding hydrogens is 278 g/mol. The fourth-order valence-corrected chi connectivity index (χ4v) is 3.49. The molecule has 0 saturated carbocycles. The lowest BCUT2D eigenvalue weighted by Crippen LogP contribution is -3.00. The Morgan fingerprint density at radius 1 is 0.762 bits per heavy atom. The second-order valence-electron chi connectivity index (χ2n) is 6.16. The first-order valence-corrected chi connectivity index (χ1v) is 8.62. The zero-order valence-corrected chi connectivity index (χ0v) is 15.3. The third-order valence-corrected chi connectivity index (χ3v) is 4.37. The summed E-state index contributed by atoms with van der Waals surface area (Å²) in [6.07, 6.45) is 7.99. The van der Waals surface area contributed by atoms with E-state index in [0.717, 1.165) is 0 Å². The molecule has 0 amide bonds. The van der Waals surface area contributed by atoms with Crippen LogP contribution in [0, 0.1) is 6.92 Å². The molecule has 0 unspecified atom stereocenters. The van der Waals surface area contributed by atoms with Crippen LogP contribution in [-0.2, 0) is 0 Å². The van der Waals surface area contributed by atoms with E-state index in [2.05, 4.69) is 52.0 Å². The Morgan fingerprint density at radius 2 is 1.38 bits per heavy atom. The zero-order chi connectivity index (χ0) is 14.8. The van der Waals surface area contributed by atoms with Gasteiger partial charge >= 0.3 is 0 Å². The molecular formula is C19H34ClN. The molecule has 0 atom stereocenters. The van der Waals surface area contributed by atoms with Gasteiger partial charge in [-0.15, -0.1) is 0 Å². The minimum absolute atomic E-state index is 0. The monoisotopic (exact) mass is 311 g/mol. The molecule has 1 aromatic carbocycles. The van der Waals surface area contributed by atoms with Gasteiger partial charge in [0.05, 0.1) is 19.6 Å². The van der Waals surface area contributed by atoms with Gasteiger partial charge in [0.1, 0.15) is 5.69 Å². The van der Waals surface area contributed by atoms with E-state index < -0.39 is 0 Å². The Balaban J connectivity index is 0.00000400. The van der Waals surface area contributed by atoms with Gasteiger partial charge in [-0.3, -0.25) is 4.48 Å². The van der Waals surface area contributed by atoms with Crippen molar-refractivity contribution < 1.29 is 12.4 Å². The Labute approximate surface area is 138 Å². The maximum Gasteiger partial charge on any atom is 0.135 e. The van der Waals surface area contributed by atoms with Crippen molar-refractivity contribution in [1.82, 2.24) is 4.48 Å². The summed E-state index contributed by atoms with van der Waals surface area (Å²) in [6.45, 7) is 13.1. The third kappa shape index (κ3) is 6.00. The highest BCUT2D eigenvalue weighted by atomic mass is 35.5. The van der Waals surface area contributed by atoms with E-state index >= 15 is 0 Å². The average molecular weight is 312 g/mol. The van der Waals surface area contributed by atoms with Crippen LogP contribution in [0.3, 0.4) is 0 Å². The molecule has 0 bridgehead atoms. The van der Waals surface area contributed by atoms with Crippen molar-refractivity contribution in [3.8, 4) is 0 Å². The smallest absolute Gasteiger partial charge is 0.135 e. The summed E-state index contributed by atoms with van der Waals surface area (Å²) in [5.74, 6) is 0. The van der Waals surface area contributed by atoms with Gasteiger partial charge < -0.3 is 12.4 Å². The van der Waals surface area contributed by atoms with Crippen molar-refractivity contribution in [2.24, 2.45) is 0 Å². The number of unbranched alkanes of at least 4 members (excludes halogenated alkanes) is 3. The summed E-state index contributed by atoms with van der Waals surface area (Å²) < 4.78 is 1.20. The highest BCUT2D eigenvalue weighted by Gasteiger charge is 2.29. The first-order chi connectivity index (χ1) is 9.70. The van der Waals surface area contributed by atoms with Crippen LogP contribution >= 0.6 is 0 Å². The minimum Gasteiger partial charge on any atom is -1.00 e. The van der Waals surface area contributed by atoms with Crippen molar-refractivity contribution >= 4 is 5.69 Å². The van der Waals surface area contributed by atoms with Gasteiger partial charge in [0.25, 0.3) is 0 Å². The molecule has 0 N–H and O–H groups in total. The van der Waals surface area contributed by atoms with E-state index in [-0.39, 0.29) is 12.4 Å². The Bertz CT molecular complexity index is 370. The molecule has 1 rings (SSSR count). The normalized spacial score (nSPS) is 11.2. The van der Waals surface area contributed by atoms with Crippen molar-refractivity contribution in [2.45, 2.75) is 66.2 Å². The standard InChI is InChI=1S/C19H34N.ClH/c1-5-8-9-12-17-20(15-6-2,16-7-3)19-14-11-10-13-18(19)4;/h10-11,13-14H,5-9,12,15-17H2,1-4H3;1H/q+1;/p-1. The predicted molar refractivity (Wildman–Crippen MR) is 92.3 cm³/mol. The summed E-state index contributed by atoms with van der Waals surface area (Å²) in [5, 5.41) is 0. The van der Waals surface area contributed by atoms with Gasteiger partial charge in [-0.05, 0) is 38.7 Å². The Hall–Kier alpha value is -0.530. The molecule has 0 aliphatic carbocycles. The van der Waals surface area contributed by atoms with Crippen LogP contribution < -0.4 is 16.9 Å². The van der Waals surface area contributed by atoms with Gasteiger partial charge in [-0.2, -0.15) is 0 Å². The number of quaternary nitrogens is 1. The molecule has 0 aromatic heterocycles. The van der Waals surface area contributed by atoms with Crippen LogP contribution in [0.15, 0.2) is 24.3 Å². The fourth-order valence-electron chi connectivity index (χ4n) is 3.49. The largest absolute Gasteiger partial charge is 1.00 e. The summed E-state index contributed by atoms with van der Waals surface area (Å²) in [5.41, 5.74) is 3.03. The van der Waals surface area contributed by atoms with Crippen LogP contribution in [0.25, 0.3) is 0 Å². The topological polar surface area (TPSA) is 0 Å². The van der Waals surface area contributed by atoms with Crippen molar-refractivity contribution in [3.05, 3.63) is 29.8 Å². The molecule has 2 heteroatoms. The quantitative estimate of drug-likeness (QED) is 0.460. The van der Waals surface area contributed by atoms with Gasteiger partial charge in [-0.1, -0.05) is 51.8 Å². The maximum atomic E-state index is 2.36. The van der Waals surface area contributed by atoms with Crippen molar-refractivity contribution in [3.63, 3.8) is 0 Å². The average Bonchev–Trinajstić information content (AvgIpc) is 2.44. The predicted octanol–water partition coefficient (Wildman–Crippen LogP) is 2.71. The lowest BCUT2D eigenvalue weighted by molar-refractivity contribution is -0.00000452. The Morgan fingerprint density at radius 3 is 1.90 bits per heavy atom. The van der Waals surface area contributed by atoms with Gasteiger partial charge in [0.2, 0.25) is 0 Å². The van der Waals surface area contributed by atoms with Gasteiger partial charge in [0.15, 0.2) is 0 Å². The molecule has 0 fully saturated rings. The summed E-state index contributed by atoms with van der Waals surface area (Å²) in [4.78, 5) is 0. The molecule has 1 nitrogen and oxygen atoms in total. The lowest BCUT2D eigenvalue weighted by Gasteiger charge is -2.39. The van der Waals surface area contributed by atoms with Crippen LogP contribution in [0.5, 0.6) is 0 Å². The molecule has 0 radical (unpaired) electrons. The van der Waals surface area contributed by atoms with Crippen molar-refractivity contribution in [2.75, 3.05) is 19.6 Å². The molecule has 1 aromatic rings. The number of hydrogen-bond donors (Lipinski definition) is 0. The van der Waals surface area contributed by atoms with Crippen LogP contribution in [0.1, 0.15) is 64.9 Å². The first kappa shape index (κ1) is 20.5. The van der Waals surface area contributed by atoms with Crippen LogP contribution in [-0.4, -0.2) is 19.6 Å². The number of benzene rings is 1. The van der Waals surface area contributed by atoms with Gasteiger partial charge in [-0.25, -0.2) is 0 Å². The van der Waals surface area contributed by atoms with E-state index in [9.17, 15) is 0 Å². The fraction of sp³-hybridized carbons (Fsp3) is 0.684. The second kappa shape index (κ2) is 11.1. The molecule has 0 aliphatic heterocycles. The molecule has 0 heterocycles. The lowest BCUT2D eigenvalue weighted by atomic mass is 10.1. The molecule has 21 heavy (non-hydrogen) atoms. The zero-order valence-electron chi connectivity index (χ0n) is 14.5. The number of para-hydroxylation sites is 1. The first-order valence-electron chi connectivity index (χ1n) is 8.62. The van der Waals surface area contributed by atoms with Crippen LogP contribution in [0.2, 0.25) is 0 Å². The van der Waals surface area contributed by atoms with E-state index in [1.807, 2.05) is 0 Å².